The molecule has 2 aromatic heterocycles. The van der Waals surface area contributed by atoms with Gasteiger partial charge in [0.25, 0.3) is 5.91 Å². The zero-order chi connectivity index (χ0) is 23.0. The van der Waals surface area contributed by atoms with Gasteiger partial charge in [0.05, 0.1) is 23.5 Å². The van der Waals surface area contributed by atoms with Gasteiger partial charge in [-0.25, -0.2) is 9.50 Å². The van der Waals surface area contributed by atoms with Crippen LogP contribution in [0.1, 0.15) is 16.2 Å². The van der Waals surface area contributed by atoms with Gasteiger partial charge in [-0.1, -0.05) is 35.3 Å². The van der Waals surface area contributed by atoms with Gasteiger partial charge < -0.3 is 10.1 Å². The van der Waals surface area contributed by atoms with E-state index >= 15 is 0 Å². The third-order valence-corrected chi connectivity index (χ3v) is 5.04. The van der Waals surface area contributed by atoms with E-state index in [4.69, 9.17) is 27.9 Å². The highest BCUT2D eigenvalue weighted by molar-refractivity contribution is 6.36. The topological polar surface area (TPSA) is 68.5 Å². The molecule has 1 N–H and O–H groups in total. The third-order valence-electron chi connectivity index (χ3n) is 4.50. The van der Waals surface area contributed by atoms with E-state index in [1.54, 1.807) is 24.3 Å². The quantitative estimate of drug-likeness (QED) is 0.389. The molecule has 0 unspecified atom stereocenters. The molecule has 2 aromatic carbocycles. The number of nitrogens with one attached hydrogen (secondary N) is 1. The van der Waals surface area contributed by atoms with Crippen molar-refractivity contribution in [2.75, 3.05) is 12.4 Å². The lowest BCUT2D eigenvalue weighted by Gasteiger charge is -2.11. The Balaban J connectivity index is 1.79. The van der Waals surface area contributed by atoms with Crippen molar-refractivity contribution in [3.05, 3.63) is 76.0 Å². The molecule has 6 nitrogen and oxygen atoms in total. The summed E-state index contributed by atoms with van der Waals surface area (Å²) >= 11 is 11.9. The molecule has 0 aliphatic carbocycles. The number of carbonyl (C=O) groups excluding carboxylic acids is 1. The number of fused-ring (bicyclic) bond motifs is 1. The van der Waals surface area contributed by atoms with E-state index < -0.39 is 17.8 Å². The predicted octanol–water partition coefficient (Wildman–Crippen LogP) is 5.98. The van der Waals surface area contributed by atoms with E-state index in [2.05, 4.69) is 15.4 Å². The Labute approximate surface area is 189 Å². The standard InChI is InChI=1S/C21H13Cl2F3N4O2/c1-32-13-4-2-3-11(7-13)16-9-18(21(24,25)26)30-19(27-16)10-17(29-30)20(31)28-15-6-5-12(22)8-14(15)23/h2-10H,1H3,(H,28,31). The lowest BCUT2D eigenvalue weighted by Crippen LogP contribution is -2.16. The first-order valence-electron chi connectivity index (χ1n) is 9.04. The van der Waals surface area contributed by atoms with Crippen LogP contribution in [0.2, 0.25) is 10.0 Å². The van der Waals surface area contributed by atoms with Crippen LogP contribution in [0.25, 0.3) is 16.9 Å². The van der Waals surface area contributed by atoms with E-state index in [0.29, 0.717) is 20.9 Å². The summed E-state index contributed by atoms with van der Waals surface area (Å²) in [6.45, 7) is 0. The van der Waals surface area contributed by atoms with Crippen molar-refractivity contribution in [1.82, 2.24) is 14.6 Å². The van der Waals surface area contributed by atoms with Crippen molar-refractivity contribution in [2.45, 2.75) is 6.18 Å². The number of ether oxygens (including phenoxy) is 1. The van der Waals surface area contributed by atoms with E-state index in [9.17, 15) is 18.0 Å². The fraction of sp³-hybridized carbons (Fsp3) is 0.0952. The van der Waals surface area contributed by atoms with Crippen LogP contribution < -0.4 is 10.1 Å². The molecule has 0 saturated carbocycles. The molecule has 32 heavy (non-hydrogen) atoms. The summed E-state index contributed by atoms with van der Waals surface area (Å²) in [6, 6.07) is 12.9. The number of aromatic nitrogens is 3. The number of methoxy groups -OCH3 is 1. The van der Waals surface area contributed by atoms with Crippen molar-refractivity contribution in [1.29, 1.82) is 0 Å². The number of hydrogen-bond donors (Lipinski definition) is 1. The highest BCUT2D eigenvalue weighted by atomic mass is 35.5. The van der Waals surface area contributed by atoms with Crippen LogP contribution in [-0.4, -0.2) is 27.6 Å². The van der Waals surface area contributed by atoms with Crippen molar-refractivity contribution in [2.24, 2.45) is 0 Å². The maximum absolute atomic E-state index is 13.8. The van der Waals surface area contributed by atoms with Crippen LogP contribution in [0.4, 0.5) is 18.9 Å². The normalized spacial score (nSPS) is 11.6. The number of benzene rings is 2. The van der Waals surface area contributed by atoms with Crippen LogP contribution in [0, 0.1) is 0 Å². The van der Waals surface area contributed by atoms with E-state index in [-0.39, 0.29) is 27.7 Å². The van der Waals surface area contributed by atoms with Crippen LogP contribution in [0.3, 0.4) is 0 Å². The monoisotopic (exact) mass is 480 g/mol. The van der Waals surface area contributed by atoms with Gasteiger partial charge in [-0.2, -0.15) is 18.3 Å². The molecule has 0 aliphatic rings. The average Bonchev–Trinajstić information content (AvgIpc) is 3.18. The number of halogens is 5. The molecular formula is C21H13Cl2F3N4O2. The summed E-state index contributed by atoms with van der Waals surface area (Å²) in [5, 5.41) is 6.86. The first-order chi connectivity index (χ1) is 15.2. The Hall–Kier alpha value is -3.30. The number of anilines is 1. The summed E-state index contributed by atoms with van der Waals surface area (Å²) in [4.78, 5) is 16.9. The molecule has 0 radical (unpaired) electrons. The second-order valence-corrected chi connectivity index (χ2v) is 7.48. The number of carbonyl (C=O) groups is 1. The molecule has 1 amide bonds. The Morgan fingerprint density at radius 2 is 1.88 bits per heavy atom. The highest BCUT2D eigenvalue weighted by Gasteiger charge is 2.35. The number of hydrogen-bond acceptors (Lipinski definition) is 4. The second-order valence-electron chi connectivity index (χ2n) is 6.63. The van der Waals surface area contributed by atoms with Gasteiger partial charge in [-0.05, 0) is 36.4 Å². The van der Waals surface area contributed by atoms with Crippen molar-refractivity contribution in [3.8, 4) is 17.0 Å². The van der Waals surface area contributed by atoms with Gasteiger partial charge in [0.15, 0.2) is 17.0 Å². The third kappa shape index (κ3) is 4.35. The SMILES string of the molecule is COc1cccc(-c2cc(C(F)(F)F)n3nc(C(=O)Nc4ccc(Cl)cc4Cl)cc3n2)c1. The molecular weight excluding hydrogens is 468 g/mol. The number of rotatable bonds is 4. The minimum atomic E-state index is -4.74. The Bertz CT molecular complexity index is 1340. The second kappa shape index (κ2) is 8.33. The van der Waals surface area contributed by atoms with Gasteiger partial charge >= 0.3 is 6.18 Å². The fourth-order valence-electron chi connectivity index (χ4n) is 2.99. The van der Waals surface area contributed by atoms with Crippen LogP contribution >= 0.6 is 23.2 Å². The molecule has 0 atom stereocenters. The molecule has 2 heterocycles. The van der Waals surface area contributed by atoms with Crippen LogP contribution in [0.5, 0.6) is 5.75 Å². The minimum absolute atomic E-state index is 0.0522. The number of nitrogens with zero attached hydrogens (tertiary/aromatic N) is 3. The molecule has 0 saturated heterocycles. The Kier molecular flexibility index (Phi) is 5.70. The van der Waals surface area contributed by atoms with Crippen molar-refractivity contribution < 1.29 is 22.7 Å². The summed E-state index contributed by atoms with van der Waals surface area (Å²) in [5.74, 6) is -0.290. The van der Waals surface area contributed by atoms with Gasteiger partial charge in [0.1, 0.15) is 5.75 Å². The number of alkyl halides is 3. The molecule has 164 valence electrons. The average molecular weight is 481 g/mol. The van der Waals surface area contributed by atoms with Gasteiger partial charge in [-0.3, -0.25) is 4.79 Å². The molecule has 4 rings (SSSR count). The maximum atomic E-state index is 13.8. The Morgan fingerprint density at radius 3 is 2.56 bits per heavy atom. The number of amides is 1. The summed E-state index contributed by atoms with van der Waals surface area (Å²) in [6.07, 6.45) is -4.74. The van der Waals surface area contributed by atoms with Crippen LogP contribution in [-0.2, 0) is 6.18 Å². The van der Waals surface area contributed by atoms with Gasteiger partial charge in [-0.15, -0.1) is 0 Å². The fourth-order valence-corrected chi connectivity index (χ4v) is 3.45. The summed E-state index contributed by atoms with van der Waals surface area (Å²) < 4.78 is 47.0. The summed E-state index contributed by atoms with van der Waals surface area (Å²) in [5.41, 5.74) is -0.793. The van der Waals surface area contributed by atoms with E-state index in [0.717, 1.165) is 12.1 Å². The van der Waals surface area contributed by atoms with Gasteiger partial charge in [0, 0.05) is 16.7 Å². The van der Waals surface area contributed by atoms with Crippen LogP contribution in [0.15, 0.2) is 54.6 Å². The zero-order valence-corrected chi connectivity index (χ0v) is 17.8. The first kappa shape index (κ1) is 21.9. The lowest BCUT2D eigenvalue weighted by molar-refractivity contribution is -0.142. The molecule has 0 bridgehead atoms. The first-order valence-corrected chi connectivity index (χ1v) is 9.80. The van der Waals surface area contributed by atoms with Gasteiger partial charge in [0.2, 0.25) is 0 Å². The zero-order valence-electron chi connectivity index (χ0n) is 16.2. The van der Waals surface area contributed by atoms with E-state index in [1.807, 2.05) is 0 Å². The molecule has 0 fully saturated rings. The Morgan fingerprint density at radius 1 is 1.09 bits per heavy atom. The molecule has 0 spiro atoms. The van der Waals surface area contributed by atoms with E-state index in [1.165, 1.54) is 25.3 Å². The minimum Gasteiger partial charge on any atom is -0.497 e. The molecule has 11 heteroatoms. The molecule has 0 aliphatic heterocycles. The summed E-state index contributed by atoms with van der Waals surface area (Å²) in [7, 11) is 1.45. The maximum Gasteiger partial charge on any atom is 0.433 e. The van der Waals surface area contributed by atoms with Crippen molar-refractivity contribution in [3.63, 3.8) is 0 Å². The smallest absolute Gasteiger partial charge is 0.433 e. The largest absolute Gasteiger partial charge is 0.497 e. The highest BCUT2D eigenvalue weighted by Crippen LogP contribution is 2.33. The predicted molar refractivity (Wildman–Crippen MR) is 114 cm³/mol. The van der Waals surface area contributed by atoms with Crippen molar-refractivity contribution >= 4 is 40.4 Å². The molecule has 4 aromatic rings. The lowest BCUT2D eigenvalue weighted by atomic mass is 10.1.